The van der Waals surface area contributed by atoms with Crippen LogP contribution in [0.2, 0.25) is 0 Å². The fraction of sp³-hybridized carbons (Fsp3) is 0.319. The summed E-state index contributed by atoms with van der Waals surface area (Å²) in [5.41, 5.74) is 3.40. The summed E-state index contributed by atoms with van der Waals surface area (Å²) in [7, 11) is 0. The van der Waals surface area contributed by atoms with E-state index < -0.39 is 48.2 Å². The van der Waals surface area contributed by atoms with Crippen LogP contribution in [0.3, 0.4) is 0 Å². The number of carbonyl (C=O) groups is 4. The minimum atomic E-state index is -1.50. The Morgan fingerprint density at radius 3 is 1.72 bits per heavy atom. The maximum atomic E-state index is 14.5. The lowest BCUT2D eigenvalue weighted by Gasteiger charge is -2.33. The standard InChI is InChI=1S/C47H55N5O6/c1-31(2)40(44(54)49-28-34-19-10-6-11-20-34)51-46(56)42(48-29-37-25-16-24-36-23-14-15-26-38(36)37)43(53)39(27-33-17-8-5-9-18-33)50-45(55)41(32(3)4)52-47(57)58-30-35-21-12-7-13-22-35/h5-26,31-32,39-43,48,53H,27-30H2,1-4H3,(H,49,54)(H,50,55)(H,51,56)(H,52,57)/t39-,40-,41-,42+,43+/m0/s1. The van der Waals surface area contributed by atoms with Crippen molar-refractivity contribution < 1.29 is 29.0 Å². The van der Waals surface area contributed by atoms with Gasteiger partial charge in [-0.05, 0) is 51.3 Å². The summed E-state index contributed by atoms with van der Waals surface area (Å²) in [5.74, 6) is -2.19. The summed E-state index contributed by atoms with van der Waals surface area (Å²) in [5, 5.41) is 29.1. The number of benzene rings is 5. The van der Waals surface area contributed by atoms with Crippen LogP contribution < -0.4 is 26.6 Å². The van der Waals surface area contributed by atoms with E-state index in [1.54, 1.807) is 13.8 Å². The number of ether oxygens (including phenoxy) is 1. The Kier molecular flexibility index (Phi) is 16.0. The molecule has 6 N–H and O–H groups in total. The maximum Gasteiger partial charge on any atom is 0.408 e. The molecule has 0 aliphatic heterocycles. The van der Waals surface area contributed by atoms with Gasteiger partial charge in [-0.15, -0.1) is 0 Å². The van der Waals surface area contributed by atoms with E-state index in [0.717, 1.165) is 33.0 Å². The highest BCUT2D eigenvalue weighted by molar-refractivity contribution is 5.91. The van der Waals surface area contributed by atoms with Crippen molar-refractivity contribution in [3.63, 3.8) is 0 Å². The van der Waals surface area contributed by atoms with E-state index >= 15 is 0 Å². The van der Waals surface area contributed by atoms with Crippen molar-refractivity contribution in [3.8, 4) is 0 Å². The summed E-state index contributed by atoms with van der Waals surface area (Å²) < 4.78 is 5.42. The van der Waals surface area contributed by atoms with E-state index in [9.17, 15) is 24.3 Å². The topological polar surface area (TPSA) is 158 Å². The third-order valence-electron chi connectivity index (χ3n) is 10.0. The fourth-order valence-electron chi connectivity index (χ4n) is 6.76. The average Bonchev–Trinajstić information content (AvgIpc) is 3.23. The van der Waals surface area contributed by atoms with E-state index in [4.69, 9.17) is 4.74 Å². The molecule has 0 radical (unpaired) electrons. The van der Waals surface area contributed by atoms with Crippen molar-refractivity contribution in [1.82, 2.24) is 26.6 Å². The van der Waals surface area contributed by atoms with E-state index in [1.165, 1.54) is 0 Å². The van der Waals surface area contributed by atoms with E-state index in [1.807, 2.05) is 147 Å². The highest BCUT2D eigenvalue weighted by Gasteiger charge is 2.38. The van der Waals surface area contributed by atoms with Crippen LogP contribution in [0.5, 0.6) is 0 Å². The van der Waals surface area contributed by atoms with Gasteiger partial charge in [-0.2, -0.15) is 0 Å². The zero-order valence-corrected chi connectivity index (χ0v) is 33.6. The first-order valence-electron chi connectivity index (χ1n) is 19.8. The molecule has 5 rings (SSSR count). The Bertz CT molecular complexity index is 2070. The molecule has 0 saturated carbocycles. The molecule has 0 bridgehead atoms. The van der Waals surface area contributed by atoms with Crippen molar-refractivity contribution in [2.45, 2.75) is 84.1 Å². The molecule has 0 heterocycles. The molecule has 304 valence electrons. The number of rotatable bonds is 19. The molecular weight excluding hydrogens is 731 g/mol. The van der Waals surface area contributed by atoms with Crippen LogP contribution in [0.4, 0.5) is 4.79 Å². The molecule has 11 nitrogen and oxygen atoms in total. The molecule has 0 aliphatic rings. The number of nitrogens with one attached hydrogen (secondary N) is 5. The molecule has 4 amide bonds. The zero-order valence-electron chi connectivity index (χ0n) is 33.6. The summed E-state index contributed by atoms with van der Waals surface area (Å²) in [6.07, 6.45) is -2.11. The predicted octanol–water partition coefficient (Wildman–Crippen LogP) is 5.79. The first-order valence-corrected chi connectivity index (χ1v) is 19.8. The first kappa shape index (κ1) is 43.1. The highest BCUT2D eigenvalue weighted by Crippen LogP contribution is 2.20. The Morgan fingerprint density at radius 1 is 0.552 bits per heavy atom. The number of aliphatic hydroxyl groups is 1. The SMILES string of the molecule is CC(C)[C@H](NC(=O)OCc1ccccc1)C(=O)N[C@@H](Cc1ccccc1)[C@@H](O)[C@@H](NCc1cccc2ccccc12)C(=O)N[C@H](C(=O)NCc1ccccc1)C(C)C. The van der Waals surface area contributed by atoms with Crippen LogP contribution in [0.25, 0.3) is 10.8 Å². The van der Waals surface area contributed by atoms with Crippen LogP contribution in [-0.2, 0) is 45.2 Å². The molecule has 5 aromatic carbocycles. The lowest BCUT2D eigenvalue weighted by molar-refractivity contribution is -0.134. The summed E-state index contributed by atoms with van der Waals surface area (Å²) in [4.78, 5) is 55.1. The number of alkyl carbamates (subject to hydrolysis) is 1. The van der Waals surface area contributed by atoms with Gasteiger partial charge in [0.15, 0.2) is 0 Å². The van der Waals surface area contributed by atoms with E-state index in [2.05, 4.69) is 26.6 Å². The van der Waals surface area contributed by atoms with Gasteiger partial charge in [-0.3, -0.25) is 19.7 Å². The van der Waals surface area contributed by atoms with Gasteiger partial charge < -0.3 is 31.1 Å². The smallest absolute Gasteiger partial charge is 0.408 e. The number of aliphatic hydroxyl groups excluding tert-OH is 1. The van der Waals surface area contributed by atoms with Crippen LogP contribution in [0, 0.1) is 11.8 Å². The molecular formula is C47H55N5O6. The van der Waals surface area contributed by atoms with Crippen LogP contribution >= 0.6 is 0 Å². The molecule has 5 aromatic rings. The van der Waals surface area contributed by atoms with Gasteiger partial charge in [0.25, 0.3) is 0 Å². The molecule has 58 heavy (non-hydrogen) atoms. The number of hydrogen-bond acceptors (Lipinski definition) is 7. The van der Waals surface area contributed by atoms with Crippen molar-refractivity contribution in [2.75, 3.05) is 0 Å². The Morgan fingerprint density at radius 2 is 1.09 bits per heavy atom. The summed E-state index contributed by atoms with van der Waals surface area (Å²) in [6, 6.07) is 37.5. The third kappa shape index (κ3) is 12.5. The minimum absolute atomic E-state index is 0.0231. The van der Waals surface area contributed by atoms with Gasteiger partial charge in [0.05, 0.1) is 12.1 Å². The molecule has 0 aromatic heterocycles. The van der Waals surface area contributed by atoms with Crippen LogP contribution in [-0.4, -0.2) is 59.2 Å². The average molecular weight is 786 g/mol. The number of hydrogen-bond donors (Lipinski definition) is 6. The Balaban J connectivity index is 1.41. The van der Waals surface area contributed by atoms with Gasteiger partial charge in [0.2, 0.25) is 17.7 Å². The summed E-state index contributed by atoms with van der Waals surface area (Å²) in [6.45, 7) is 7.76. The Labute approximate surface area is 341 Å². The van der Waals surface area contributed by atoms with Gasteiger partial charge in [0, 0.05) is 13.1 Å². The van der Waals surface area contributed by atoms with Crippen molar-refractivity contribution in [2.24, 2.45) is 11.8 Å². The maximum absolute atomic E-state index is 14.5. The lowest BCUT2D eigenvalue weighted by Crippen LogP contribution is -2.63. The van der Waals surface area contributed by atoms with Crippen molar-refractivity contribution in [3.05, 3.63) is 156 Å². The van der Waals surface area contributed by atoms with Crippen LogP contribution in [0.15, 0.2) is 133 Å². The van der Waals surface area contributed by atoms with Gasteiger partial charge in [-0.25, -0.2) is 4.79 Å². The Hall–Kier alpha value is -6.04. The second-order valence-corrected chi connectivity index (χ2v) is 15.2. The molecule has 0 saturated heterocycles. The normalized spacial score (nSPS) is 13.8. The quantitative estimate of drug-likeness (QED) is 0.0619. The molecule has 0 spiro atoms. The fourth-order valence-corrected chi connectivity index (χ4v) is 6.76. The van der Waals surface area contributed by atoms with Crippen molar-refractivity contribution in [1.29, 1.82) is 0 Å². The predicted molar refractivity (Wildman–Crippen MR) is 226 cm³/mol. The van der Waals surface area contributed by atoms with Crippen LogP contribution in [0.1, 0.15) is 49.9 Å². The lowest BCUT2D eigenvalue weighted by atomic mass is 9.93. The zero-order chi connectivity index (χ0) is 41.4. The molecule has 0 aliphatic carbocycles. The third-order valence-corrected chi connectivity index (χ3v) is 10.0. The molecule has 5 atom stereocenters. The second-order valence-electron chi connectivity index (χ2n) is 15.2. The van der Waals surface area contributed by atoms with Crippen molar-refractivity contribution >= 4 is 34.6 Å². The van der Waals surface area contributed by atoms with Gasteiger partial charge in [-0.1, -0.05) is 161 Å². The monoisotopic (exact) mass is 785 g/mol. The molecule has 0 unspecified atom stereocenters. The largest absolute Gasteiger partial charge is 0.445 e. The molecule has 0 fully saturated rings. The van der Waals surface area contributed by atoms with Gasteiger partial charge >= 0.3 is 6.09 Å². The number of carbonyl (C=O) groups excluding carboxylic acids is 4. The first-order chi connectivity index (χ1) is 28.0. The highest BCUT2D eigenvalue weighted by atomic mass is 16.5. The van der Waals surface area contributed by atoms with E-state index in [-0.39, 0.29) is 43.9 Å². The second kappa shape index (κ2) is 21.5. The minimum Gasteiger partial charge on any atom is -0.445 e. The number of fused-ring (bicyclic) bond motifs is 1. The molecule has 11 heteroatoms. The van der Waals surface area contributed by atoms with E-state index in [0.29, 0.717) is 0 Å². The number of amides is 4. The van der Waals surface area contributed by atoms with Gasteiger partial charge in [0.1, 0.15) is 24.7 Å². The summed E-state index contributed by atoms with van der Waals surface area (Å²) >= 11 is 0.